The largest absolute Gasteiger partial charge is 0.373 e. The van der Waals surface area contributed by atoms with Crippen molar-refractivity contribution in [1.29, 1.82) is 0 Å². The highest BCUT2D eigenvalue weighted by molar-refractivity contribution is 5.93. The topological polar surface area (TPSA) is 109 Å². The Labute approximate surface area is 221 Å². The van der Waals surface area contributed by atoms with Crippen molar-refractivity contribution in [2.75, 3.05) is 6.61 Å². The standard InChI is InChI=1S/C28H24F2N6O3/c1-14-20(28-32-15(2)35-39-28)12-21-25(19-6-5-18(29)11-22(19)30)33-26(34-27(21)31-14)16-8-9-38-23(10-16)17-4-7-24(37)36(3)13-17/h4-7,11-13,16,23H,8-10H2,1-3H3/t16-,23+/m0/s1. The number of rotatable bonds is 4. The zero-order valence-electron chi connectivity index (χ0n) is 21.5. The number of hydrogen-bond donors (Lipinski definition) is 0. The van der Waals surface area contributed by atoms with Gasteiger partial charge < -0.3 is 13.8 Å². The Morgan fingerprint density at radius 3 is 2.59 bits per heavy atom. The van der Waals surface area contributed by atoms with Crippen LogP contribution in [0.3, 0.4) is 0 Å². The molecule has 0 radical (unpaired) electrons. The minimum absolute atomic E-state index is 0.105. The Hall–Kier alpha value is -4.38. The Bertz CT molecular complexity index is 1780. The number of hydrogen-bond acceptors (Lipinski definition) is 8. The molecule has 4 aromatic heterocycles. The highest BCUT2D eigenvalue weighted by atomic mass is 19.1. The highest BCUT2D eigenvalue weighted by Gasteiger charge is 2.29. The molecule has 1 saturated heterocycles. The molecular formula is C28H24F2N6O3. The molecule has 0 unspecified atom stereocenters. The second-order valence-corrected chi connectivity index (χ2v) is 9.69. The molecule has 1 aliphatic rings. The normalized spacial score (nSPS) is 17.6. The molecule has 5 aromatic rings. The molecule has 6 rings (SSSR count). The lowest BCUT2D eigenvalue weighted by Crippen LogP contribution is -2.23. The van der Waals surface area contributed by atoms with Gasteiger partial charge in [-0.1, -0.05) is 5.16 Å². The summed E-state index contributed by atoms with van der Waals surface area (Å²) in [6.07, 6.45) is 2.71. The second kappa shape index (κ2) is 9.73. The van der Waals surface area contributed by atoms with E-state index in [1.54, 1.807) is 39.2 Å². The van der Waals surface area contributed by atoms with E-state index in [-0.39, 0.29) is 29.0 Å². The van der Waals surface area contributed by atoms with Crippen molar-refractivity contribution in [2.24, 2.45) is 7.05 Å². The molecular weight excluding hydrogens is 506 g/mol. The summed E-state index contributed by atoms with van der Waals surface area (Å²) in [4.78, 5) is 30.5. The summed E-state index contributed by atoms with van der Waals surface area (Å²) >= 11 is 0. The van der Waals surface area contributed by atoms with Crippen LogP contribution in [-0.2, 0) is 11.8 Å². The van der Waals surface area contributed by atoms with E-state index in [1.165, 1.54) is 22.8 Å². The van der Waals surface area contributed by atoms with Crippen molar-refractivity contribution in [1.82, 2.24) is 29.7 Å². The van der Waals surface area contributed by atoms with Gasteiger partial charge in [0.1, 0.15) is 17.5 Å². The molecule has 0 spiro atoms. The number of nitrogens with zero attached hydrogens (tertiary/aromatic N) is 6. The molecule has 0 aliphatic carbocycles. The van der Waals surface area contributed by atoms with Crippen molar-refractivity contribution >= 4 is 11.0 Å². The molecule has 0 saturated carbocycles. The summed E-state index contributed by atoms with van der Waals surface area (Å²) in [6.45, 7) is 3.97. The van der Waals surface area contributed by atoms with Crippen LogP contribution in [0.15, 0.2) is 51.9 Å². The van der Waals surface area contributed by atoms with Crippen molar-refractivity contribution in [2.45, 2.75) is 38.7 Å². The third kappa shape index (κ3) is 4.69. The second-order valence-electron chi connectivity index (χ2n) is 9.69. The lowest BCUT2D eigenvalue weighted by molar-refractivity contribution is 0.00365. The van der Waals surface area contributed by atoms with Gasteiger partial charge in [-0.25, -0.2) is 23.7 Å². The molecule has 1 aliphatic heterocycles. The highest BCUT2D eigenvalue weighted by Crippen LogP contribution is 2.39. The molecule has 1 aromatic carbocycles. The third-order valence-corrected chi connectivity index (χ3v) is 6.97. The Kier molecular flexibility index (Phi) is 6.22. The number of pyridine rings is 2. The van der Waals surface area contributed by atoms with Gasteiger partial charge in [-0.05, 0) is 56.5 Å². The zero-order valence-corrected chi connectivity index (χ0v) is 21.5. The molecule has 0 bridgehead atoms. The van der Waals surface area contributed by atoms with Gasteiger partial charge in [0.15, 0.2) is 11.5 Å². The Balaban J connectivity index is 1.49. The fourth-order valence-electron chi connectivity index (χ4n) is 4.92. The van der Waals surface area contributed by atoms with Crippen LogP contribution < -0.4 is 5.56 Å². The van der Waals surface area contributed by atoms with Gasteiger partial charge >= 0.3 is 0 Å². The van der Waals surface area contributed by atoms with Crippen LogP contribution in [0.1, 0.15) is 47.8 Å². The third-order valence-electron chi connectivity index (χ3n) is 6.97. The molecule has 2 atom stereocenters. The van der Waals surface area contributed by atoms with E-state index in [9.17, 15) is 9.18 Å². The zero-order chi connectivity index (χ0) is 27.3. The minimum atomic E-state index is -0.744. The summed E-state index contributed by atoms with van der Waals surface area (Å²) in [5.41, 5.74) is 2.75. The molecule has 0 N–H and O–H groups in total. The van der Waals surface area contributed by atoms with E-state index in [0.29, 0.717) is 59.1 Å². The quantitative estimate of drug-likeness (QED) is 0.320. The number of halogens is 2. The van der Waals surface area contributed by atoms with Crippen LogP contribution in [0.25, 0.3) is 33.7 Å². The lowest BCUT2D eigenvalue weighted by atomic mass is 9.91. The Morgan fingerprint density at radius 1 is 1.00 bits per heavy atom. The van der Waals surface area contributed by atoms with Crippen molar-refractivity contribution in [3.8, 4) is 22.7 Å². The van der Waals surface area contributed by atoms with Gasteiger partial charge in [0.25, 0.3) is 5.89 Å². The first-order valence-electron chi connectivity index (χ1n) is 12.5. The van der Waals surface area contributed by atoms with Crippen LogP contribution >= 0.6 is 0 Å². The molecule has 0 amide bonds. The number of aryl methyl sites for hydroxylation is 3. The maximum absolute atomic E-state index is 15.1. The number of aromatic nitrogens is 6. The Morgan fingerprint density at radius 2 is 1.85 bits per heavy atom. The van der Waals surface area contributed by atoms with Crippen LogP contribution in [0, 0.1) is 25.5 Å². The molecule has 198 valence electrons. The molecule has 9 nitrogen and oxygen atoms in total. The summed E-state index contributed by atoms with van der Waals surface area (Å²) in [5, 5.41) is 4.33. The van der Waals surface area contributed by atoms with Crippen LogP contribution in [-0.4, -0.2) is 36.3 Å². The van der Waals surface area contributed by atoms with Gasteiger partial charge in [0, 0.05) is 48.9 Å². The van der Waals surface area contributed by atoms with Crippen LogP contribution in [0.4, 0.5) is 8.78 Å². The van der Waals surface area contributed by atoms with Crippen LogP contribution in [0.5, 0.6) is 0 Å². The lowest BCUT2D eigenvalue weighted by Gasteiger charge is -2.29. The number of ether oxygens (including phenoxy) is 1. The average molecular weight is 531 g/mol. The van der Waals surface area contributed by atoms with E-state index in [1.807, 2.05) is 0 Å². The smallest absolute Gasteiger partial charge is 0.259 e. The average Bonchev–Trinajstić information content (AvgIpc) is 3.35. The van der Waals surface area contributed by atoms with E-state index in [4.69, 9.17) is 24.2 Å². The van der Waals surface area contributed by atoms with E-state index < -0.39 is 11.6 Å². The van der Waals surface area contributed by atoms with Gasteiger partial charge in [-0.2, -0.15) is 4.98 Å². The molecule has 5 heterocycles. The van der Waals surface area contributed by atoms with Gasteiger partial charge in [0.05, 0.1) is 23.1 Å². The summed E-state index contributed by atoms with van der Waals surface area (Å²) < 4.78 is 41.8. The maximum Gasteiger partial charge on any atom is 0.259 e. The molecule has 39 heavy (non-hydrogen) atoms. The summed E-state index contributed by atoms with van der Waals surface area (Å²) in [5.74, 6) is -0.310. The first-order chi connectivity index (χ1) is 18.8. The summed E-state index contributed by atoms with van der Waals surface area (Å²) in [6, 6.07) is 8.42. The van der Waals surface area contributed by atoms with Gasteiger partial charge in [-0.3, -0.25) is 4.79 Å². The van der Waals surface area contributed by atoms with Crippen molar-refractivity contribution in [3.63, 3.8) is 0 Å². The van der Waals surface area contributed by atoms with E-state index in [0.717, 1.165) is 11.6 Å². The van der Waals surface area contributed by atoms with E-state index in [2.05, 4.69) is 10.1 Å². The minimum Gasteiger partial charge on any atom is -0.373 e. The van der Waals surface area contributed by atoms with Gasteiger partial charge in [0.2, 0.25) is 5.56 Å². The van der Waals surface area contributed by atoms with Crippen molar-refractivity contribution in [3.05, 3.63) is 87.5 Å². The first-order valence-corrected chi connectivity index (χ1v) is 12.5. The number of fused-ring (bicyclic) bond motifs is 1. The monoisotopic (exact) mass is 530 g/mol. The summed E-state index contributed by atoms with van der Waals surface area (Å²) in [7, 11) is 1.69. The predicted octanol–water partition coefficient (Wildman–Crippen LogP) is 4.97. The SMILES string of the molecule is Cc1noc(-c2cc3c(-c4ccc(F)cc4F)nc([C@H]4CCO[C@@H](c5ccc(=O)n(C)c5)C4)nc3nc2C)n1. The fourth-order valence-corrected chi connectivity index (χ4v) is 4.92. The van der Waals surface area contributed by atoms with Crippen molar-refractivity contribution < 1.29 is 18.0 Å². The first kappa shape index (κ1) is 24.9. The molecule has 1 fully saturated rings. The molecule has 11 heteroatoms. The van der Waals surface area contributed by atoms with Crippen LogP contribution in [0.2, 0.25) is 0 Å². The maximum atomic E-state index is 15.1. The number of benzene rings is 1. The van der Waals surface area contributed by atoms with Gasteiger partial charge in [-0.15, -0.1) is 0 Å². The fraction of sp³-hybridized carbons (Fsp3) is 0.286. The van der Waals surface area contributed by atoms with E-state index >= 15 is 4.39 Å². The predicted molar refractivity (Wildman–Crippen MR) is 138 cm³/mol.